The zero-order valence-corrected chi connectivity index (χ0v) is 8.40. The molecule has 0 unspecified atom stereocenters. The number of hydrogen-bond donors (Lipinski definition) is 0. The van der Waals surface area contributed by atoms with E-state index < -0.39 is 0 Å². The van der Waals surface area contributed by atoms with Gasteiger partial charge in [-0.05, 0) is 13.3 Å². The van der Waals surface area contributed by atoms with Gasteiger partial charge in [0.1, 0.15) is 0 Å². The molecule has 47 valence electrons. The maximum atomic E-state index is 2.18. The topological polar surface area (TPSA) is 0 Å². The normalized spacial score (nSPS) is 17.3. The van der Waals surface area contributed by atoms with Crippen LogP contribution >= 0.6 is 0 Å². The van der Waals surface area contributed by atoms with Gasteiger partial charge in [0, 0.05) is 32.1 Å². The molecule has 0 nitrogen and oxygen atoms in total. The molecule has 0 heterocycles. The molecule has 0 aromatic rings. The zero-order valence-electron chi connectivity index (χ0n) is 5.94. The van der Waals surface area contributed by atoms with Crippen LogP contribution in [0.25, 0.3) is 0 Å². The average molecular weight is 198 g/mol. The van der Waals surface area contributed by atoms with Gasteiger partial charge in [0.25, 0.3) is 0 Å². The average Bonchev–Trinajstić information content (AvgIpc) is 2.14. The molecule has 0 N–H and O–H groups in total. The Morgan fingerprint density at radius 2 is 2.11 bits per heavy atom. The van der Waals surface area contributed by atoms with E-state index in [2.05, 4.69) is 32.1 Å². The fourth-order valence-electron chi connectivity index (χ4n) is 0.944. The van der Waals surface area contributed by atoms with Crippen LogP contribution in [0.15, 0.2) is 23.8 Å². The van der Waals surface area contributed by atoms with Gasteiger partial charge in [-0.15, -0.1) is 0 Å². The molecule has 0 aliphatic heterocycles. The Hall–Kier alpha value is 0.363. The third-order valence-corrected chi connectivity index (χ3v) is 1.53. The van der Waals surface area contributed by atoms with Crippen LogP contribution in [0.4, 0.5) is 0 Å². The van der Waals surface area contributed by atoms with Crippen molar-refractivity contribution in [3.63, 3.8) is 0 Å². The van der Waals surface area contributed by atoms with Crippen molar-refractivity contribution in [1.29, 1.82) is 0 Å². The minimum Gasteiger partial charge on any atom is -0.0731 e. The Kier molecular flexibility index (Phi) is 4.39. The smallest absolute Gasteiger partial charge is 0.0220 e. The molecular weight excluding hydrogens is 187 g/mol. The summed E-state index contributed by atoms with van der Waals surface area (Å²) in [7, 11) is 0. The molecule has 1 radical (unpaired) electrons. The molecule has 0 saturated heterocycles. The molecule has 1 aliphatic carbocycles. The number of hydrogen-bond acceptors (Lipinski definition) is 0. The van der Waals surface area contributed by atoms with Crippen molar-refractivity contribution in [3.8, 4) is 0 Å². The van der Waals surface area contributed by atoms with Gasteiger partial charge in [-0.25, -0.2) is 0 Å². The minimum absolute atomic E-state index is 0. The molecular formula is C8H11Zr. The van der Waals surface area contributed by atoms with Gasteiger partial charge in [-0.1, -0.05) is 30.7 Å². The molecule has 0 aromatic carbocycles. The maximum Gasteiger partial charge on any atom is 0.0220 e. The van der Waals surface area contributed by atoms with Crippen molar-refractivity contribution < 1.29 is 26.2 Å². The van der Waals surface area contributed by atoms with Crippen LogP contribution in [0.5, 0.6) is 0 Å². The molecule has 0 fully saturated rings. The summed E-state index contributed by atoms with van der Waals surface area (Å²) in [5.41, 5.74) is 1.42. The SMILES string of the molecule is CC[C]1C=CC=C1C.[Zr]. The largest absolute Gasteiger partial charge is 0.0731 e. The summed E-state index contributed by atoms with van der Waals surface area (Å²) in [4.78, 5) is 0. The molecule has 0 aromatic heterocycles. The third-order valence-electron chi connectivity index (χ3n) is 1.53. The Bertz CT molecular complexity index is 134. The molecule has 0 atom stereocenters. The zero-order chi connectivity index (χ0) is 5.98. The molecule has 1 heteroatoms. The van der Waals surface area contributed by atoms with Gasteiger partial charge >= 0.3 is 0 Å². The van der Waals surface area contributed by atoms with E-state index in [4.69, 9.17) is 0 Å². The Balaban J connectivity index is 0.000000640. The molecule has 0 spiro atoms. The van der Waals surface area contributed by atoms with Gasteiger partial charge < -0.3 is 0 Å². The molecule has 1 aliphatic rings. The van der Waals surface area contributed by atoms with E-state index in [9.17, 15) is 0 Å². The van der Waals surface area contributed by atoms with Crippen molar-refractivity contribution in [2.45, 2.75) is 20.3 Å². The molecule has 0 amide bonds. The number of allylic oxidation sites excluding steroid dienone is 4. The number of rotatable bonds is 1. The molecule has 9 heavy (non-hydrogen) atoms. The van der Waals surface area contributed by atoms with Gasteiger partial charge in [-0.3, -0.25) is 0 Å². The summed E-state index contributed by atoms with van der Waals surface area (Å²) in [5, 5.41) is 0. The van der Waals surface area contributed by atoms with E-state index in [0.29, 0.717) is 0 Å². The summed E-state index contributed by atoms with van der Waals surface area (Å²) < 4.78 is 0. The summed E-state index contributed by atoms with van der Waals surface area (Å²) in [6, 6.07) is 0. The standard InChI is InChI=1S/C8H11.Zr/c1-3-8-6-4-5-7(8)2;/h4-6H,3H2,1-2H3;. The van der Waals surface area contributed by atoms with Crippen molar-refractivity contribution in [1.82, 2.24) is 0 Å². The van der Waals surface area contributed by atoms with Crippen molar-refractivity contribution in [3.05, 3.63) is 29.7 Å². The summed E-state index contributed by atoms with van der Waals surface area (Å²) in [6.45, 7) is 4.33. The predicted octanol–water partition coefficient (Wildman–Crippen LogP) is 2.48. The summed E-state index contributed by atoms with van der Waals surface area (Å²) in [5.74, 6) is 1.48. The minimum atomic E-state index is 0. The van der Waals surface area contributed by atoms with Crippen molar-refractivity contribution in [2.24, 2.45) is 0 Å². The molecule has 0 saturated carbocycles. The van der Waals surface area contributed by atoms with Crippen molar-refractivity contribution in [2.75, 3.05) is 0 Å². The quantitative estimate of drug-likeness (QED) is 0.607. The van der Waals surface area contributed by atoms with Gasteiger partial charge in [0.2, 0.25) is 0 Å². The van der Waals surface area contributed by atoms with E-state index in [1.165, 1.54) is 17.9 Å². The first-order valence-electron chi connectivity index (χ1n) is 3.05. The summed E-state index contributed by atoms with van der Waals surface area (Å²) in [6.07, 6.45) is 7.60. The summed E-state index contributed by atoms with van der Waals surface area (Å²) >= 11 is 0. The molecule has 0 bridgehead atoms. The Morgan fingerprint density at radius 3 is 2.33 bits per heavy atom. The van der Waals surface area contributed by atoms with Crippen LogP contribution in [0.1, 0.15) is 20.3 Å². The van der Waals surface area contributed by atoms with Gasteiger partial charge in [0.15, 0.2) is 0 Å². The fraction of sp³-hybridized carbons (Fsp3) is 0.375. The second-order valence-electron chi connectivity index (χ2n) is 2.09. The first-order chi connectivity index (χ1) is 3.84. The first kappa shape index (κ1) is 9.36. The Labute approximate surface area is 76.2 Å². The third kappa shape index (κ3) is 2.22. The van der Waals surface area contributed by atoms with E-state index in [-0.39, 0.29) is 26.2 Å². The van der Waals surface area contributed by atoms with Crippen LogP contribution in [0, 0.1) is 5.92 Å². The first-order valence-corrected chi connectivity index (χ1v) is 3.05. The van der Waals surface area contributed by atoms with E-state index in [0.717, 1.165) is 0 Å². The monoisotopic (exact) mass is 197 g/mol. The second-order valence-corrected chi connectivity index (χ2v) is 2.09. The van der Waals surface area contributed by atoms with E-state index >= 15 is 0 Å². The van der Waals surface area contributed by atoms with Crippen LogP contribution in [0.3, 0.4) is 0 Å². The predicted molar refractivity (Wildman–Crippen MR) is 36.4 cm³/mol. The van der Waals surface area contributed by atoms with Crippen LogP contribution < -0.4 is 0 Å². The van der Waals surface area contributed by atoms with Gasteiger partial charge in [-0.2, -0.15) is 0 Å². The van der Waals surface area contributed by atoms with Crippen LogP contribution in [-0.2, 0) is 26.2 Å². The van der Waals surface area contributed by atoms with Crippen molar-refractivity contribution >= 4 is 0 Å². The molecule has 1 rings (SSSR count). The maximum absolute atomic E-state index is 2.18. The van der Waals surface area contributed by atoms with E-state index in [1.54, 1.807) is 0 Å². The van der Waals surface area contributed by atoms with E-state index in [1.807, 2.05) is 0 Å². The second kappa shape index (κ2) is 4.22. The Morgan fingerprint density at radius 1 is 1.44 bits per heavy atom. The van der Waals surface area contributed by atoms with Crippen LogP contribution in [-0.4, -0.2) is 0 Å². The van der Waals surface area contributed by atoms with Crippen LogP contribution in [0.2, 0.25) is 0 Å². The van der Waals surface area contributed by atoms with Gasteiger partial charge in [0.05, 0.1) is 0 Å². The fourth-order valence-corrected chi connectivity index (χ4v) is 0.944.